The Morgan fingerprint density at radius 2 is 1.78 bits per heavy atom. The van der Waals surface area contributed by atoms with Gasteiger partial charge in [-0.15, -0.1) is 0 Å². The summed E-state index contributed by atoms with van der Waals surface area (Å²) in [5.74, 6) is -2.83. The van der Waals surface area contributed by atoms with E-state index in [1.165, 1.54) is 4.90 Å². The van der Waals surface area contributed by atoms with Crippen LogP contribution in [0.15, 0.2) is 24.3 Å². The third-order valence-electron chi connectivity index (χ3n) is 8.50. The molecule has 1 N–H and O–H groups in total. The van der Waals surface area contributed by atoms with Crippen molar-refractivity contribution in [2.75, 3.05) is 19.8 Å². The standard InChI is InChI=1S/C29H44N2O6/c1-8-28-13-10-9-11-16-36-25(35)21(28)20-23(33)31(19(2)17-32)22-24(34)30(15-12-14-29(20,22)37-28)27(6,7)18-26(3,4)5/h10,12-14,19-22,32H,8-9,11,15-18H2,1-7H3/b13-10-/t19-,20+,21+,22?,28-,29+/m1/s1. The number of aliphatic hydroxyl groups is 1. The molecule has 4 rings (SSSR count). The molecule has 2 fully saturated rings. The van der Waals surface area contributed by atoms with Gasteiger partial charge < -0.3 is 24.4 Å². The highest BCUT2D eigenvalue weighted by Gasteiger charge is 2.76. The summed E-state index contributed by atoms with van der Waals surface area (Å²) in [6.07, 6.45) is 10.3. The lowest BCUT2D eigenvalue weighted by molar-refractivity contribution is -0.164. The normalized spacial score (nSPS) is 36.1. The molecule has 0 aromatic heterocycles. The summed E-state index contributed by atoms with van der Waals surface area (Å²) in [5, 5.41) is 10.1. The number of aliphatic hydroxyl groups excluding tert-OH is 1. The minimum atomic E-state index is -1.34. The van der Waals surface area contributed by atoms with Gasteiger partial charge in [-0.3, -0.25) is 14.4 Å². The molecule has 2 saturated heterocycles. The van der Waals surface area contributed by atoms with E-state index < -0.39 is 46.6 Å². The van der Waals surface area contributed by atoms with Crippen molar-refractivity contribution in [2.45, 2.75) is 103 Å². The molecule has 0 aromatic carbocycles. The first-order valence-electron chi connectivity index (χ1n) is 13.7. The number of cyclic esters (lactones) is 1. The van der Waals surface area contributed by atoms with Gasteiger partial charge in [0, 0.05) is 12.1 Å². The molecule has 0 radical (unpaired) electrons. The Hall–Kier alpha value is -2.19. The highest BCUT2D eigenvalue weighted by Crippen LogP contribution is 2.58. The first-order chi connectivity index (χ1) is 17.2. The number of hydrogen-bond acceptors (Lipinski definition) is 6. The Bertz CT molecular complexity index is 997. The average molecular weight is 517 g/mol. The third kappa shape index (κ3) is 4.44. The van der Waals surface area contributed by atoms with E-state index in [2.05, 4.69) is 34.6 Å². The smallest absolute Gasteiger partial charge is 0.313 e. The predicted molar refractivity (Wildman–Crippen MR) is 139 cm³/mol. The lowest BCUT2D eigenvalue weighted by Crippen LogP contribution is -2.61. The zero-order chi connectivity index (χ0) is 27.4. The van der Waals surface area contributed by atoms with Gasteiger partial charge in [-0.05, 0) is 51.9 Å². The van der Waals surface area contributed by atoms with Crippen LogP contribution in [0.1, 0.15) is 74.1 Å². The molecule has 0 saturated carbocycles. The van der Waals surface area contributed by atoms with Crippen LogP contribution in [-0.4, -0.2) is 81.3 Å². The molecule has 6 atom stereocenters. The van der Waals surface area contributed by atoms with Crippen LogP contribution >= 0.6 is 0 Å². The van der Waals surface area contributed by atoms with Crippen LogP contribution < -0.4 is 0 Å². The zero-order valence-electron chi connectivity index (χ0n) is 23.5. The Balaban J connectivity index is 1.89. The molecule has 0 bridgehead atoms. The second kappa shape index (κ2) is 9.53. The van der Waals surface area contributed by atoms with Gasteiger partial charge in [0.15, 0.2) is 0 Å². The largest absolute Gasteiger partial charge is 0.465 e. The number of fused-ring (bicyclic) bond motifs is 2. The zero-order valence-corrected chi connectivity index (χ0v) is 23.5. The second-order valence-electron chi connectivity index (χ2n) is 13.0. The number of hydrogen-bond donors (Lipinski definition) is 1. The van der Waals surface area contributed by atoms with Crippen molar-refractivity contribution in [1.29, 1.82) is 0 Å². The molecule has 4 aliphatic rings. The molecule has 8 nitrogen and oxygen atoms in total. The van der Waals surface area contributed by atoms with E-state index in [4.69, 9.17) is 9.47 Å². The van der Waals surface area contributed by atoms with Crippen LogP contribution in [0.2, 0.25) is 0 Å². The molecular weight excluding hydrogens is 472 g/mol. The maximum Gasteiger partial charge on any atom is 0.313 e. The maximum atomic E-state index is 14.5. The van der Waals surface area contributed by atoms with Gasteiger partial charge in [-0.25, -0.2) is 0 Å². The topological polar surface area (TPSA) is 96.4 Å². The lowest BCUT2D eigenvalue weighted by Gasteiger charge is -2.45. The van der Waals surface area contributed by atoms with Crippen molar-refractivity contribution in [2.24, 2.45) is 17.3 Å². The maximum absolute atomic E-state index is 14.5. The van der Waals surface area contributed by atoms with Crippen LogP contribution in [0.3, 0.4) is 0 Å². The third-order valence-corrected chi connectivity index (χ3v) is 8.50. The fraction of sp³-hybridized carbons (Fsp3) is 0.759. The highest BCUT2D eigenvalue weighted by atomic mass is 16.6. The predicted octanol–water partition coefficient (Wildman–Crippen LogP) is 3.23. The van der Waals surface area contributed by atoms with E-state index in [0.717, 1.165) is 12.8 Å². The van der Waals surface area contributed by atoms with Crippen LogP contribution in [0, 0.1) is 17.3 Å². The summed E-state index contributed by atoms with van der Waals surface area (Å²) in [4.78, 5) is 45.6. The molecular formula is C29H44N2O6. The summed E-state index contributed by atoms with van der Waals surface area (Å²) in [6, 6.07) is -1.62. The molecule has 206 valence electrons. The molecule has 37 heavy (non-hydrogen) atoms. The second-order valence-corrected chi connectivity index (χ2v) is 13.0. The van der Waals surface area contributed by atoms with Gasteiger partial charge in [0.2, 0.25) is 11.8 Å². The number of nitrogens with zero attached hydrogens (tertiary/aromatic N) is 2. The molecule has 8 heteroatoms. The van der Waals surface area contributed by atoms with Crippen LogP contribution in [0.4, 0.5) is 0 Å². The summed E-state index contributed by atoms with van der Waals surface area (Å²) < 4.78 is 12.6. The van der Waals surface area contributed by atoms with Crippen molar-refractivity contribution >= 4 is 17.8 Å². The van der Waals surface area contributed by atoms with E-state index >= 15 is 0 Å². The van der Waals surface area contributed by atoms with Crippen molar-refractivity contribution in [3.8, 4) is 0 Å². The van der Waals surface area contributed by atoms with Crippen LogP contribution in [-0.2, 0) is 23.9 Å². The fourth-order valence-corrected chi connectivity index (χ4v) is 7.31. The lowest BCUT2D eigenvalue weighted by atomic mass is 9.73. The van der Waals surface area contributed by atoms with Crippen LogP contribution in [0.5, 0.6) is 0 Å². The van der Waals surface area contributed by atoms with Crippen molar-refractivity contribution in [3.05, 3.63) is 24.3 Å². The van der Waals surface area contributed by atoms with Crippen LogP contribution in [0.25, 0.3) is 0 Å². The van der Waals surface area contributed by atoms with E-state index in [9.17, 15) is 19.5 Å². The van der Waals surface area contributed by atoms with Gasteiger partial charge >= 0.3 is 5.97 Å². The first-order valence-corrected chi connectivity index (χ1v) is 13.7. The number of esters is 1. The number of ether oxygens (including phenoxy) is 2. The molecule has 4 aliphatic heterocycles. The van der Waals surface area contributed by atoms with Gasteiger partial charge in [0.25, 0.3) is 0 Å². The molecule has 1 spiro atoms. The molecule has 0 aromatic rings. The summed E-state index contributed by atoms with van der Waals surface area (Å²) in [6.45, 7) is 14.5. The average Bonchev–Trinajstić information content (AvgIpc) is 3.18. The number of amides is 2. The number of carbonyl (C=O) groups is 3. The van der Waals surface area contributed by atoms with E-state index in [1.54, 1.807) is 6.92 Å². The number of carbonyl (C=O) groups excluding carboxylic acids is 3. The van der Waals surface area contributed by atoms with E-state index in [-0.39, 0.29) is 30.4 Å². The summed E-state index contributed by atoms with van der Waals surface area (Å²) >= 11 is 0. The minimum absolute atomic E-state index is 0.0295. The monoisotopic (exact) mass is 516 g/mol. The molecule has 0 aliphatic carbocycles. The van der Waals surface area contributed by atoms with E-state index in [0.29, 0.717) is 19.4 Å². The first kappa shape index (κ1) is 27.8. The number of likely N-dealkylation sites (tertiary alicyclic amines) is 1. The van der Waals surface area contributed by atoms with Crippen molar-refractivity contribution in [3.63, 3.8) is 0 Å². The van der Waals surface area contributed by atoms with Crippen molar-refractivity contribution in [1.82, 2.24) is 9.80 Å². The Kier molecular flexibility index (Phi) is 7.17. The highest BCUT2D eigenvalue weighted by molar-refractivity contribution is 5.99. The van der Waals surface area contributed by atoms with Gasteiger partial charge in [-0.1, -0.05) is 52.0 Å². The van der Waals surface area contributed by atoms with Crippen molar-refractivity contribution < 1.29 is 29.0 Å². The Morgan fingerprint density at radius 3 is 2.41 bits per heavy atom. The summed E-state index contributed by atoms with van der Waals surface area (Å²) in [5.41, 5.74) is -2.93. The summed E-state index contributed by atoms with van der Waals surface area (Å²) in [7, 11) is 0. The Morgan fingerprint density at radius 1 is 1.08 bits per heavy atom. The van der Waals surface area contributed by atoms with Gasteiger partial charge in [-0.2, -0.15) is 0 Å². The minimum Gasteiger partial charge on any atom is -0.465 e. The van der Waals surface area contributed by atoms with E-state index in [1.807, 2.05) is 36.1 Å². The van der Waals surface area contributed by atoms with Gasteiger partial charge in [0.05, 0.1) is 25.2 Å². The van der Waals surface area contributed by atoms with Gasteiger partial charge in [0.1, 0.15) is 23.2 Å². The SMILES string of the molecule is CC[C@@]12/C=C\CCCOC(=O)[C@@H]1[C@H]1C(=O)N([C@H](C)CO)C3C(=O)N(C(C)(C)CC(C)(C)C)CC=C[C@@]31O2. The molecule has 2 amide bonds. The number of rotatable bonds is 5. The molecule has 1 unspecified atom stereocenters. The molecule has 4 heterocycles. The Labute approximate surface area is 221 Å². The number of allylic oxidation sites excluding steroid dienone is 1. The quantitative estimate of drug-likeness (QED) is 0.445. The fourth-order valence-electron chi connectivity index (χ4n) is 7.31.